The molecule has 106 valence electrons. The number of fused-ring (bicyclic) bond motifs is 1. The average Bonchev–Trinajstić information content (AvgIpc) is 2.91. The van der Waals surface area contributed by atoms with Crippen molar-refractivity contribution in [2.24, 2.45) is 0 Å². The third-order valence-corrected chi connectivity index (χ3v) is 3.89. The molecular weight excluding hydrogens is 254 g/mol. The maximum absolute atomic E-state index is 11.6. The molecule has 0 saturated carbocycles. The number of H-pyrrole nitrogens is 1. The van der Waals surface area contributed by atoms with Gasteiger partial charge in [-0.3, -0.25) is 0 Å². The SMILES string of the molecule is COC(=O)c1cc2c(N3CCN(C)CC3)cccc2[nH]1. The van der Waals surface area contributed by atoms with E-state index in [2.05, 4.69) is 27.9 Å². The molecule has 0 amide bonds. The molecule has 0 bridgehead atoms. The fourth-order valence-electron chi connectivity index (χ4n) is 2.68. The first-order chi connectivity index (χ1) is 9.69. The molecule has 2 heterocycles. The summed E-state index contributed by atoms with van der Waals surface area (Å²) in [4.78, 5) is 19.5. The summed E-state index contributed by atoms with van der Waals surface area (Å²) in [5, 5.41) is 1.08. The Kier molecular flexibility index (Phi) is 3.36. The molecule has 5 heteroatoms. The number of hydrogen-bond donors (Lipinski definition) is 1. The molecule has 1 aliphatic heterocycles. The maximum Gasteiger partial charge on any atom is 0.354 e. The van der Waals surface area contributed by atoms with E-state index >= 15 is 0 Å². The van der Waals surface area contributed by atoms with E-state index in [1.165, 1.54) is 12.8 Å². The van der Waals surface area contributed by atoms with Gasteiger partial charge in [-0.15, -0.1) is 0 Å². The van der Waals surface area contributed by atoms with Crippen molar-refractivity contribution in [3.63, 3.8) is 0 Å². The Labute approximate surface area is 118 Å². The first kappa shape index (κ1) is 13.0. The second kappa shape index (κ2) is 5.17. The number of hydrogen-bond acceptors (Lipinski definition) is 4. The van der Waals surface area contributed by atoms with Gasteiger partial charge in [0.25, 0.3) is 0 Å². The zero-order chi connectivity index (χ0) is 14.1. The van der Waals surface area contributed by atoms with Gasteiger partial charge in [0.1, 0.15) is 5.69 Å². The van der Waals surface area contributed by atoms with Crippen molar-refractivity contribution in [3.8, 4) is 0 Å². The van der Waals surface area contributed by atoms with Gasteiger partial charge in [-0.25, -0.2) is 4.79 Å². The first-order valence-corrected chi connectivity index (χ1v) is 6.82. The van der Waals surface area contributed by atoms with E-state index in [1.807, 2.05) is 18.2 Å². The van der Waals surface area contributed by atoms with Gasteiger partial charge in [0.05, 0.1) is 7.11 Å². The summed E-state index contributed by atoms with van der Waals surface area (Å²) in [7, 11) is 3.54. The molecule has 3 rings (SSSR count). The summed E-state index contributed by atoms with van der Waals surface area (Å²) in [6.07, 6.45) is 0. The van der Waals surface area contributed by atoms with Crippen molar-refractivity contribution >= 4 is 22.6 Å². The molecule has 0 radical (unpaired) electrons. The molecule has 1 N–H and O–H groups in total. The number of piperazine rings is 1. The van der Waals surface area contributed by atoms with E-state index in [4.69, 9.17) is 4.74 Å². The van der Waals surface area contributed by atoms with Crippen molar-refractivity contribution < 1.29 is 9.53 Å². The molecule has 5 nitrogen and oxygen atoms in total. The summed E-state index contributed by atoms with van der Waals surface area (Å²) in [6.45, 7) is 4.14. The number of methoxy groups -OCH3 is 1. The molecule has 1 aromatic carbocycles. The highest BCUT2D eigenvalue weighted by atomic mass is 16.5. The lowest BCUT2D eigenvalue weighted by atomic mass is 10.1. The number of anilines is 1. The van der Waals surface area contributed by atoms with Gasteiger partial charge < -0.3 is 19.5 Å². The maximum atomic E-state index is 11.6. The summed E-state index contributed by atoms with van der Waals surface area (Å²) in [6, 6.07) is 8.01. The highest BCUT2D eigenvalue weighted by Crippen LogP contribution is 2.28. The van der Waals surface area contributed by atoms with E-state index in [9.17, 15) is 4.79 Å². The van der Waals surface area contributed by atoms with Crippen molar-refractivity contribution in [1.29, 1.82) is 0 Å². The number of ether oxygens (including phenoxy) is 1. The quantitative estimate of drug-likeness (QED) is 0.846. The lowest BCUT2D eigenvalue weighted by molar-refractivity contribution is 0.0595. The fraction of sp³-hybridized carbons (Fsp3) is 0.400. The minimum absolute atomic E-state index is 0.328. The Bertz CT molecular complexity index is 627. The predicted molar refractivity (Wildman–Crippen MR) is 79.3 cm³/mol. The second-order valence-corrected chi connectivity index (χ2v) is 5.20. The number of esters is 1. The topological polar surface area (TPSA) is 48.6 Å². The van der Waals surface area contributed by atoms with Crippen LogP contribution in [0.15, 0.2) is 24.3 Å². The van der Waals surface area contributed by atoms with E-state index in [0.717, 1.165) is 37.1 Å². The molecule has 0 aliphatic carbocycles. The van der Waals surface area contributed by atoms with Crippen molar-refractivity contribution in [3.05, 3.63) is 30.0 Å². The third-order valence-electron chi connectivity index (χ3n) is 3.89. The van der Waals surface area contributed by atoms with E-state index in [-0.39, 0.29) is 5.97 Å². The molecule has 20 heavy (non-hydrogen) atoms. The van der Waals surface area contributed by atoms with Gasteiger partial charge in [0.15, 0.2) is 0 Å². The van der Waals surface area contributed by atoms with Crippen LogP contribution in [0.5, 0.6) is 0 Å². The van der Waals surface area contributed by atoms with Gasteiger partial charge >= 0.3 is 5.97 Å². The van der Waals surface area contributed by atoms with Gasteiger partial charge in [0.2, 0.25) is 0 Å². The number of carbonyl (C=O) groups excluding carboxylic acids is 1. The molecule has 0 atom stereocenters. The molecule has 0 spiro atoms. The number of aromatic amines is 1. The van der Waals surface area contributed by atoms with Crippen LogP contribution in [0.3, 0.4) is 0 Å². The predicted octanol–water partition coefficient (Wildman–Crippen LogP) is 1.71. The van der Waals surface area contributed by atoms with Gasteiger partial charge in [-0.05, 0) is 25.2 Å². The molecule has 0 unspecified atom stereocenters. The Morgan fingerprint density at radius 2 is 2.00 bits per heavy atom. The molecule has 1 saturated heterocycles. The molecule has 1 fully saturated rings. The monoisotopic (exact) mass is 273 g/mol. The Balaban J connectivity index is 1.98. The molecule has 1 aliphatic rings. The number of carbonyl (C=O) groups is 1. The molecule has 1 aromatic heterocycles. The summed E-state index contributed by atoms with van der Waals surface area (Å²) in [5.74, 6) is -0.328. The van der Waals surface area contributed by atoms with Crippen molar-refractivity contribution in [2.75, 3.05) is 45.2 Å². The molecule has 2 aromatic rings. The number of nitrogens with zero attached hydrogens (tertiary/aromatic N) is 2. The number of nitrogens with one attached hydrogen (secondary N) is 1. The lowest BCUT2D eigenvalue weighted by Crippen LogP contribution is -2.44. The van der Waals surface area contributed by atoms with Crippen molar-refractivity contribution in [2.45, 2.75) is 0 Å². The molecular formula is C15H19N3O2. The minimum atomic E-state index is -0.328. The van der Waals surface area contributed by atoms with Crippen molar-refractivity contribution in [1.82, 2.24) is 9.88 Å². The Hall–Kier alpha value is -2.01. The van der Waals surface area contributed by atoms with Crippen LogP contribution in [0, 0.1) is 0 Å². The van der Waals surface area contributed by atoms with E-state index in [1.54, 1.807) is 0 Å². The number of aromatic nitrogens is 1. The highest BCUT2D eigenvalue weighted by Gasteiger charge is 2.18. The number of rotatable bonds is 2. The van der Waals surface area contributed by atoms with Gasteiger partial charge in [-0.2, -0.15) is 0 Å². The van der Waals surface area contributed by atoms with Crippen LogP contribution in [0.4, 0.5) is 5.69 Å². The van der Waals surface area contributed by atoms with Crippen LogP contribution in [-0.4, -0.2) is 56.2 Å². The summed E-state index contributed by atoms with van der Waals surface area (Å²) in [5.41, 5.74) is 2.66. The summed E-state index contributed by atoms with van der Waals surface area (Å²) < 4.78 is 4.77. The average molecular weight is 273 g/mol. The standard InChI is InChI=1S/C15H19N3O2/c1-17-6-8-18(9-7-17)14-5-3-4-12-11(14)10-13(16-12)15(19)20-2/h3-5,10,16H,6-9H2,1-2H3. The van der Waals surface area contributed by atoms with E-state index in [0.29, 0.717) is 5.69 Å². The summed E-state index contributed by atoms with van der Waals surface area (Å²) >= 11 is 0. The Morgan fingerprint density at radius 3 is 2.70 bits per heavy atom. The van der Waals surface area contributed by atoms with Crippen LogP contribution in [0.2, 0.25) is 0 Å². The zero-order valence-electron chi connectivity index (χ0n) is 11.8. The lowest BCUT2D eigenvalue weighted by Gasteiger charge is -2.34. The number of benzene rings is 1. The van der Waals surface area contributed by atoms with Gasteiger partial charge in [0, 0.05) is 42.8 Å². The largest absolute Gasteiger partial charge is 0.464 e. The fourth-order valence-corrected chi connectivity index (χ4v) is 2.68. The second-order valence-electron chi connectivity index (χ2n) is 5.20. The number of likely N-dealkylation sites (N-methyl/N-ethyl adjacent to an activating group) is 1. The normalized spacial score (nSPS) is 16.6. The van der Waals surface area contributed by atoms with Gasteiger partial charge in [-0.1, -0.05) is 6.07 Å². The highest BCUT2D eigenvalue weighted by molar-refractivity contribution is 6.00. The van der Waals surface area contributed by atoms with Crippen LogP contribution in [0.1, 0.15) is 10.5 Å². The third kappa shape index (κ3) is 2.25. The zero-order valence-corrected chi connectivity index (χ0v) is 11.8. The first-order valence-electron chi connectivity index (χ1n) is 6.82. The smallest absolute Gasteiger partial charge is 0.354 e. The van der Waals surface area contributed by atoms with Crippen LogP contribution >= 0.6 is 0 Å². The van der Waals surface area contributed by atoms with E-state index < -0.39 is 0 Å². The minimum Gasteiger partial charge on any atom is -0.464 e. The van der Waals surface area contributed by atoms with Crippen LogP contribution < -0.4 is 4.90 Å². The van der Waals surface area contributed by atoms with Crippen LogP contribution in [-0.2, 0) is 4.74 Å². The van der Waals surface area contributed by atoms with Crippen LogP contribution in [0.25, 0.3) is 10.9 Å². The Morgan fingerprint density at radius 1 is 1.25 bits per heavy atom.